The van der Waals surface area contributed by atoms with Crippen LogP contribution in [0.4, 0.5) is 0 Å². The zero-order valence-corrected chi connectivity index (χ0v) is 8.55. The van der Waals surface area contributed by atoms with Crippen molar-refractivity contribution in [1.29, 1.82) is 0 Å². The van der Waals surface area contributed by atoms with Crippen LogP contribution < -0.4 is 0 Å². The molecule has 0 radical (unpaired) electrons. The van der Waals surface area contributed by atoms with E-state index in [1.165, 1.54) is 49.1 Å². The minimum absolute atomic E-state index is 0.240. The summed E-state index contributed by atoms with van der Waals surface area (Å²) in [6, 6.07) is 5.87. The molecule has 0 fully saturated rings. The van der Waals surface area contributed by atoms with Gasteiger partial charge in [-0.1, -0.05) is 0 Å². The first-order valence-electron chi connectivity index (χ1n) is 4.26. The number of hydrogen-bond donors (Lipinski definition) is 0. The highest BCUT2D eigenvalue weighted by Crippen LogP contribution is 2.18. The molecule has 4 nitrogen and oxygen atoms in total. The van der Waals surface area contributed by atoms with Gasteiger partial charge in [-0.2, -0.15) is 0 Å². The normalized spacial score (nSPS) is 11.2. The van der Waals surface area contributed by atoms with Gasteiger partial charge in [0.05, 0.1) is 9.79 Å². The van der Waals surface area contributed by atoms with Gasteiger partial charge in [0.15, 0.2) is 0 Å². The molecule has 0 bridgehead atoms. The van der Waals surface area contributed by atoms with Crippen molar-refractivity contribution in [3.05, 3.63) is 49.1 Å². The maximum absolute atomic E-state index is 12.0. The lowest BCUT2D eigenvalue weighted by Crippen LogP contribution is -2.01. The molecule has 0 spiro atoms. The third-order valence-electron chi connectivity index (χ3n) is 1.92. The molecule has 0 aliphatic carbocycles. The van der Waals surface area contributed by atoms with Gasteiger partial charge in [0, 0.05) is 24.8 Å². The molecule has 0 aliphatic rings. The predicted octanol–water partition coefficient (Wildman–Crippen LogP) is 1.31. The molecule has 0 unspecified atom stereocenters. The van der Waals surface area contributed by atoms with Gasteiger partial charge in [0.25, 0.3) is 0 Å². The average molecular weight is 220 g/mol. The van der Waals surface area contributed by atoms with Crippen LogP contribution in [0.5, 0.6) is 0 Å². The summed E-state index contributed by atoms with van der Waals surface area (Å²) in [6.07, 6.45) is 5.81. The molecule has 0 amide bonds. The molecule has 0 N–H and O–H groups in total. The lowest BCUT2D eigenvalue weighted by Gasteiger charge is -2.02. The monoisotopic (exact) mass is 220 g/mol. The van der Waals surface area contributed by atoms with Crippen LogP contribution in [0.2, 0.25) is 0 Å². The average Bonchev–Trinajstić information content (AvgIpc) is 2.31. The number of rotatable bonds is 2. The molecule has 2 rings (SSSR count). The van der Waals surface area contributed by atoms with Gasteiger partial charge < -0.3 is 0 Å². The van der Waals surface area contributed by atoms with Crippen LogP contribution in [0.25, 0.3) is 0 Å². The van der Waals surface area contributed by atoms with E-state index in [1.807, 2.05) is 0 Å². The van der Waals surface area contributed by atoms with Gasteiger partial charge in [-0.05, 0) is 24.3 Å². The molecule has 0 aromatic carbocycles. The minimum Gasteiger partial charge on any atom is -0.265 e. The fourth-order valence-electron chi connectivity index (χ4n) is 1.17. The highest BCUT2D eigenvalue weighted by atomic mass is 32.2. The van der Waals surface area contributed by atoms with Gasteiger partial charge in [0.1, 0.15) is 0 Å². The Morgan fingerprint density at radius 1 is 0.733 bits per heavy atom. The molecule has 0 aliphatic heterocycles. The molecular formula is C10H8N2O2S. The standard InChI is InChI=1S/C10H8N2O2S/c13-15(14,9-1-5-11-6-2-9)10-3-7-12-8-4-10/h1-8H. The summed E-state index contributed by atoms with van der Waals surface area (Å²) in [5.41, 5.74) is 0. The molecule has 0 atom stereocenters. The zero-order chi connectivity index (χ0) is 10.7. The van der Waals surface area contributed by atoms with Crippen LogP contribution in [0.15, 0.2) is 58.8 Å². The van der Waals surface area contributed by atoms with Gasteiger partial charge >= 0.3 is 0 Å². The molecule has 2 aromatic rings. The summed E-state index contributed by atoms with van der Waals surface area (Å²) < 4.78 is 24.0. The summed E-state index contributed by atoms with van der Waals surface area (Å²) in [7, 11) is -3.42. The topological polar surface area (TPSA) is 59.9 Å². The van der Waals surface area contributed by atoms with Crippen LogP contribution in [0, 0.1) is 0 Å². The molecule has 2 heterocycles. The molecular weight excluding hydrogens is 212 g/mol. The first kappa shape index (κ1) is 9.79. The van der Waals surface area contributed by atoms with Crippen molar-refractivity contribution in [2.75, 3.05) is 0 Å². The van der Waals surface area contributed by atoms with E-state index in [-0.39, 0.29) is 9.79 Å². The summed E-state index contributed by atoms with van der Waals surface area (Å²) in [5, 5.41) is 0. The Balaban J connectivity index is 2.55. The molecule has 2 aromatic heterocycles. The molecule has 0 saturated heterocycles. The lowest BCUT2D eigenvalue weighted by molar-refractivity contribution is 0.596. The maximum atomic E-state index is 12.0. The highest BCUT2D eigenvalue weighted by molar-refractivity contribution is 7.91. The largest absolute Gasteiger partial charge is 0.265 e. The van der Waals surface area contributed by atoms with Gasteiger partial charge in [-0.3, -0.25) is 9.97 Å². The van der Waals surface area contributed by atoms with Crippen LogP contribution >= 0.6 is 0 Å². The summed E-state index contributed by atoms with van der Waals surface area (Å²) in [5.74, 6) is 0. The lowest BCUT2D eigenvalue weighted by atomic mass is 10.5. The van der Waals surface area contributed by atoms with Crippen LogP contribution in [0.1, 0.15) is 0 Å². The van der Waals surface area contributed by atoms with E-state index >= 15 is 0 Å². The van der Waals surface area contributed by atoms with Gasteiger partial charge in [-0.25, -0.2) is 8.42 Å². The summed E-state index contributed by atoms with van der Waals surface area (Å²) in [4.78, 5) is 8.03. The Morgan fingerprint density at radius 2 is 1.07 bits per heavy atom. The van der Waals surface area contributed by atoms with Crippen molar-refractivity contribution in [1.82, 2.24) is 9.97 Å². The Bertz CT molecular complexity index is 493. The minimum atomic E-state index is -3.42. The summed E-state index contributed by atoms with van der Waals surface area (Å²) >= 11 is 0. The third kappa shape index (κ3) is 1.87. The van der Waals surface area contributed by atoms with Crippen molar-refractivity contribution < 1.29 is 8.42 Å². The zero-order valence-electron chi connectivity index (χ0n) is 7.74. The smallest absolute Gasteiger partial charge is 0.206 e. The van der Waals surface area contributed by atoms with Crippen LogP contribution in [-0.2, 0) is 9.84 Å². The summed E-state index contributed by atoms with van der Waals surface area (Å²) in [6.45, 7) is 0. The van der Waals surface area contributed by atoms with E-state index in [4.69, 9.17) is 0 Å². The number of aromatic nitrogens is 2. The SMILES string of the molecule is O=S(=O)(c1ccncc1)c1ccncc1. The van der Waals surface area contributed by atoms with E-state index in [9.17, 15) is 8.42 Å². The molecule has 76 valence electrons. The number of pyridine rings is 2. The third-order valence-corrected chi connectivity index (χ3v) is 3.71. The van der Waals surface area contributed by atoms with Crippen LogP contribution in [-0.4, -0.2) is 18.4 Å². The van der Waals surface area contributed by atoms with Crippen molar-refractivity contribution in [2.45, 2.75) is 9.79 Å². The van der Waals surface area contributed by atoms with Crippen molar-refractivity contribution in [2.24, 2.45) is 0 Å². The maximum Gasteiger partial charge on any atom is 0.206 e. The predicted molar refractivity (Wildman–Crippen MR) is 53.9 cm³/mol. The number of nitrogens with zero attached hydrogens (tertiary/aromatic N) is 2. The van der Waals surface area contributed by atoms with Crippen molar-refractivity contribution >= 4 is 9.84 Å². The molecule has 15 heavy (non-hydrogen) atoms. The molecule has 0 saturated carbocycles. The van der Waals surface area contributed by atoms with Crippen molar-refractivity contribution in [3.8, 4) is 0 Å². The Morgan fingerprint density at radius 3 is 1.40 bits per heavy atom. The fourth-order valence-corrected chi connectivity index (χ4v) is 2.40. The van der Waals surface area contributed by atoms with Gasteiger partial charge in [0.2, 0.25) is 9.84 Å². The van der Waals surface area contributed by atoms with Gasteiger partial charge in [-0.15, -0.1) is 0 Å². The second-order valence-corrected chi connectivity index (χ2v) is 4.82. The Hall–Kier alpha value is -1.75. The van der Waals surface area contributed by atoms with E-state index in [2.05, 4.69) is 9.97 Å². The number of sulfone groups is 1. The van der Waals surface area contributed by atoms with Crippen molar-refractivity contribution in [3.63, 3.8) is 0 Å². The second kappa shape index (κ2) is 3.78. The first-order chi connectivity index (χ1) is 7.21. The van der Waals surface area contributed by atoms with E-state index in [0.717, 1.165) is 0 Å². The van der Waals surface area contributed by atoms with E-state index in [0.29, 0.717) is 0 Å². The quantitative estimate of drug-likeness (QED) is 0.765. The molecule has 5 heteroatoms. The highest BCUT2D eigenvalue weighted by Gasteiger charge is 2.16. The fraction of sp³-hybridized carbons (Fsp3) is 0. The second-order valence-electron chi connectivity index (χ2n) is 2.87. The Kier molecular flexibility index (Phi) is 2.47. The van der Waals surface area contributed by atoms with Crippen LogP contribution in [0.3, 0.4) is 0 Å². The first-order valence-corrected chi connectivity index (χ1v) is 5.75. The van der Waals surface area contributed by atoms with E-state index < -0.39 is 9.84 Å². The van der Waals surface area contributed by atoms with E-state index in [1.54, 1.807) is 0 Å². The number of hydrogen-bond acceptors (Lipinski definition) is 4. The Labute approximate surface area is 87.6 Å².